The normalized spacial score (nSPS) is 21.4. The minimum absolute atomic E-state index is 0. The van der Waals surface area contributed by atoms with Crippen molar-refractivity contribution in [3.05, 3.63) is 22.8 Å². The molecule has 0 heterocycles. The molecule has 0 amide bonds. The van der Waals surface area contributed by atoms with Gasteiger partial charge in [0.05, 0.1) is 0 Å². The number of rotatable bonds is 0. The molecule has 0 aromatic heterocycles. The van der Waals surface area contributed by atoms with Crippen molar-refractivity contribution in [3.63, 3.8) is 0 Å². The molecule has 0 saturated heterocycles. The average Bonchev–Trinajstić information content (AvgIpc) is 1.95. The molecule has 1 rings (SSSR count). The summed E-state index contributed by atoms with van der Waals surface area (Å²) in [5.41, 5.74) is 4.39. The van der Waals surface area contributed by atoms with Crippen molar-refractivity contribution < 1.29 is 16.5 Å². The van der Waals surface area contributed by atoms with E-state index >= 15 is 0 Å². The first-order valence-corrected chi connectivity index (χ1v) is 3.75. The molecule has 0 bridgehead atoms. The van der Waals surface area contributed by atoms with Crippen LogP contribution in [0.2, 0.25) is 0 Å². The SMILES string of the molecule is CC1=[C-]C(C)(C)C(C)=C1C.[Ni]. The van der Waals surface area contributed by atoms with E-state index in [0.29, 0.717) is 0 Å². The molecular weight excluding hydrogens is 179 g/mol. The zero-order chi connectivity index (χ0) is 7.94. The molecule has 0 radical (unpaired) electrons. The van der Waals surface area contributed by atoms with Crippen LogP contribution in [-0.4, -0.2) is 0 Å². The Labute approximate surface area is 79.7 Å². The Morgan fingerprint density at radius 3 is 1.64 bits per heavy atom. The van der Waals surface area contributed by atoms with Gasteiger partial charge in [-0.15, -0.1) is 6.92 Å². The summed E-state index contributed by atoms with van der Waals surface area (Å²) in [5.74, 6) is 0. The van der Waals surface area contributed by atoms with Crippen molar-refractivity contribution in [1.82, 2.24) is 0 Å². The Hall–Kier alpha value is -0.0265. The molecule has 0 aromatic carbocycles. The molecule has 11 heavy (non-hydrogen) atoms. The second-order valence-electron chi connectivity index (χ2n) is 3.62. The van der Waals surface area contributed by atoms with E-state index in [1.807, 2.05) is 0 Å². The molecule has 1 aliphatic rings. The van der Waals surface area contributed by atoms with Crippen molar-refractivity contribution in [2.24, 2.45) is 5.41 Å². The van der Waals surface area contributed by atoms with Gasteiger partial charge in [-0.2, -0.15) is 11.1 Å². The molecule has 0 nitrogen and oxygen atoms in total. The second kappa shape index (κ2) is 3.15. The van der Waals surface area contributed by atoms with Crippen LogP contribution in [0, 0.1) is 11.5 Å². The van der Waals surface area contributed by atoms with Gasteiger partial charge >= 0.3 is 0 Å². The van der Waals surface area contributed by atoms with E-state index in [9.17, 15) is 0 Å². The second-order valence-corrected chi connectivity index (χ2v) is 3.62. The Morgan fingerprint density at radius 1 is 1.09 bits per heavy atom. The summed E-state index contributed by atoms with van der Waals surface area (Å²) in [6, 6.07) is 0. The molecule has 0 aliphatic heterocycles. The molecule has 1 heteroatoms. The molecule has 0 saturated carbocycles. The quantitative estimate of drug-likeness (QED) is 0.410. The third-order valence-electron chi connectivity index (χ3n) is 2.56. The van der Waals surface area contributed by atoms with Crippen LogP contribution in [0.3, 0.4) is 0 Å². The smallest absolute Gasteiger partial charge is 0 e. The van der Waals surface area contributed by atoms with E-state index in [1.54, 1.807) is 0 Å². The fourth-order valence-corrected chi connectivity index (χ4v) is 1.41. The van der Waals surface area contributed by atoms with Crippen LogP contribution in [0.15, 0.2) is 16.7 Å². The number of hydrogen-bond donors (Lipinski definition) is 0. The first-order valence-electron chi connectivity index (χ1n) is 3.75. The molecule has 66 valence electrons. The third kappa shape index (κ3) is 1.76. The van der Waals surface area contributed by atoms with Crippen LogP contribution in [-0.2, 0) is 16.5 Å². The average molecular weight is 194 g/mol. The molecule has 0 spiro atoms. The Balaban J connectivity index is 0.000001000. The number of allylic oxidation sites excluding steroid dienone is 4. The van der Waals surface area contributed by atoms with Crippen LogP contribution in [0.1, 0.15) is 34.6 Å². The summed E-state index contributed by atoms with van der Waals surface area (Å²) in [6.45, 7) is 10.9. The molecule has 0 N–H and O–H groups in total. The molecule has 0 aromatic rings. The zero-order valence-corrected chi connectivity index (χ0v) is 8.80. The van der Waals surface area contributed by atoms with Gasteiger partial charge < -0.3 is 0 Å². The predicted octanol–water partition coefficient (Wildman–Crippen LogP) is 3.11. The summed E-state index contributed by atoms with van der Waals surface area (Å²) >= 11 is 0. The number of hydrogen-bond acceptors (Lipinski definition) is 0. The molecule has 0 unspecified atom stereocenters. The van der Waals surface area contributed by atoms with Gasteiger partial charge in [0.2, 0.25) is 0 Å². The Morgan fingerprint density at radius 2 is 1.55 bits per heavy atom. The maximum atomic E-state index is 3.44. The van der Waals surface area contributed by atoms with Gasteiger partial charge in [0.25, 0.3) is 0 Å². The van der Waals surface area contributed by atoms with E-state index in [-0.39, 0.29) is 21.9 Å². The van der Waals surface area contributed by atoms with E-state index in [0.717, 1.165) is 0 Å². The summed E-state index contributed by atoms with van der Waals surface area (Å²) in [5, 5.41) is 0. The van der Waals surface area contributed by atoms with Gasteiger partial charge in [0.15, 0.2) is 0 Å². The monoisotopic (exact) mass is 193 g/mol. The van der Waals surface area contributed by atoms with Gasteiger partial charge in [-0.05, 0) is 0 Å². The summed E-state index contributed by atoms with van der Waals surface area (Å²) in [6.07, 6.45) is 3.44. The van der Waals surface area contributed by atoms with Crippen LogP contribution < -0.4 is 0 Å². The maximum absolute atomic E-state index is 3.44. The Kier molecular flexibility index (Phi) is 3.14. The van der Waals surface area contributed by atoms with Crippen molar-refractivity contribution >= 4 is 0 Å². The Bertz CT molecular complexity index is 219. The molecule has 1 aliphatic carbocycles. The van der Waals surface area contributed by atoms with Crippen molar-refractivity contribution in [1.29, 1.82) is 0 Å². The summed E-state index contributed by atoms with van der Waals surface area (Å²) < 4.78 is 0. The minimum Gasteiger partial charge on any atom is -0.263 e. The van der Waals surface area contributed by atoms with Gasteiger partial charge in [-0.3, -0.25) is 6.08 Å². The van der Waals surface area contributed by atoms with Gasteiger partial charge in [0.1, 0.15) is 0 Å². The fourth-order valence-electron chi connectivity index (χ4n) is 1.41. The topological polar surface area (TPSA) is 0 Å². The summed E-state index contributed by atoms with van der Waals surface area (Å²) in [4.78, 5) is 0. The maximum Gasteiger partial charge on any atom is 0 e. The van der Waals surface area contributed by atoms with E-state index in [4.69, 9.17) is 0 Å². The molecule has 0 atom stereocenters. The predicted molar refractivity (Wildman–Crippen MR) is 44.6 cm³/mol. The van der Waals surface area contributed by atoms with Crippen molar-refractivity contribution in [2.75, 3.05) is 0 Å². The minimum atomic E-state index is 0. The standard InChI is InChI=1S/C10H15.Ni/c1-7-6-10(4,5)9(3)8(7)2;/h1-5H3;/q-1;. The first kappa shape index (κ1) is 11.0. The van der Waals surface area contributed by atoms with Gasteiger partial charge in [-0.1, -0.05) is 33.1 Å². The van der Waals surface area contributed by atoms with Crippen molar-refractivity contribution in [2.45, 2.75) is 34.6 Å². The largest absolute Gasteiger partial charge is 0.263 e. The third-order valence-corrected chi connectivity index (χ3v) is 2.56. The van der Waals surface area contributed by atoms with Crippen LogP contribution >= 0.6 is 0 Å². The van der Waals surface area contributed by atoms with Gasteiger partial charge in [-0.25, -0.2) is 5.57 Å². The van der Waals surface area contributed by atoms with Crippen molar-refractivity contribution in [3.8, 4) is 0 Å². The van der Waals surface area contributed by atoms with Gasteiger partial charge in [0, 0.05) is 16.5 Å². The van der Waals surface area contributed by atoms with E-state index in [1.165, 1.54) is 16.7 Å². The van der Waals surface area contributed by atoms with Crippen LogP contribution in [0.25, 0.3) is 0 Å². The summed E-state index contributed by atoms with van der Waals surface area (Å²) in [7, 11) is 0. The van der Waals surface area contributed by atoms with Crippen LogP contribution in [0.4, 0.5) is 0 Å². The first-order chi connectivity index (χ1) is 4.45. The van der Waals surface area contributed by atoms with E-state index in [2.05, 4.69) is 40.7 Å². The molecular formula is C10H15Ni-. The van der Waals surface area contributed by atoms with E-state index < -0.39 is 0 Å². The van der Waals surface area contributed by atoms with Crippen LogP contribution in [0.5, 0.6) is 0 Å². The molecule has 0 fully saturated rings. The fraction of sp³-hybridized carbons (Fsp3) is 0.600. The zero-order valence-electron chi connectivity index (χ0n) is 7.82.